The van der Waals surface area contributed by atoms with Gasteiger partial charge in [0.2, 0.25) is 11.6 Å². The second-order valence-electron chi connectivity index (χ2n) is 12.3. The molecule has 0 aliphatic heterocycles. The van der Waals surface area contributed by atoms with Crippen LogP contribution in [0.3, 0.4) is 0 Å². The number of fused-ring (bicyclic) bond motifs is 2. The molecule has 6 rings (SSSR count). The molecule has 210 valence electrons. The minimum absolute atomic E-state index is 0.0789. The Bertz CT molecular complexity index is 1640. The molecule has 4 nitrogen and oxygen atoms in total. The fourth-order valence-electron chi connectivity index (χ4n) is 7.13. The van der Waals surface area contributed by atoms with Crippen molar-refractivity contribution >= 4 is 23.0 Å². The number of rotatable bonds is 8. The van der Waals surface area contributed by atoms with E-state index in [1.807, 2.05) is 121 Å². The lowest BCUT2D eigenvalue weighted by Crippen LogP contribution is -2.40. The van der Waals surface area contributed by atoms with Crippen molar-refractivity contribution in [2.24, 2.45) is 26.7 Å². The largest absolute Gasteiger partial charge is 0.287 e. The van der Waals surface area contributed by atoms with Gasteiger partial charge in [-0.05, 0) is 29.6 Å². The quantitative estimate of drug-likeness (QED) is 0.165. The smallest absolute Gasteiger partial charge is 0.211 e. The maximum Gasteiger partial charge on any atom is 0.211 e. The van der Waals surface area contributed by atoms with E-state index in [9.17, 15) is 9.59 Å². The predicted molar refractivity (Wildman–Crippen MR) is 170 cm³/mol. The Balaban J connectivity index is 1.53. The number of Topliss-reactive ketones (excluding diaryl/α,β-unsaturated/α-hetero) is 2. The van der Waals surface area contributed by atoms with Crippen LogP contribution in [0.4, 0.5) is 0 Å². The van der Waals surface area contributed by atoms with Gasteiger partial charge in [0.1, 0.15) is 11.4 Å². The topological polar surface area (TPSA) is 58.9 Å². The predicted octanol–water partition coefficient (Wildman–Crippen LogP) is 7.92. The van der Waals surface area contributed by atoms with Crippen molar-refractivity contribution in [2.45, 2.75) is 45.7 Å². The van der Waals surface area contributed by atoms with Crippen LogP contribution in [0.1, 0.15) is 65.5 Å². The average molecular weight is 553 g/mol. The molecule has 0 saturated heterocycles. The molecule has 0 aromatic heterocycles. The number of ketones is 2. The van der Waals surface area contributed by atoms with E-state index in [2.05, 4.69) is 20.8 Å². The first-order chi connectivity index (χ1) is 20.3. The van der Waals surface area contributed by atoms with E-state index in [4.69, 9.17) is 9.98 Å². The van der Waals surface area contributed by atoms with Crippen LogP contribution in [0.15, 0.2) is 131 Å². The molecule has 0 heterocycles. The van der Waals surface area contributed by atoms with Crippen molar-refractivity contribution in [3.63, 3.8) is 0 Å². The average Bonchev–Trinajstić information content (AvgIpc) is 3.36. The molecule has 2 aliphatic rings. The van der Waals surface area contributed by atoms with Gasteiger partial charge in [-0.25, -0.2) is 0 Å². The van der Waals surface area contributed by atoms with Gasteiger partial charge in [-0.15, -0.1) is 0 Å². The Morgan fingerprint density at radius 2 is 0.952 bits per heavy atom. The molecule has 2 fully saturated rings. The van der Waals surface area contributed by atoms with Gasteiger partial charge in [-0.3, -0.25) is 19.6 Å². The lowest BCUT2D eigenvalue weighted by atomic mass is 9.69. The van der Waals surface area contributed by atoms with Crippen LogP contribution in [0.2, 0.25) is 0 Å². The molecule has 4 aromatic carbocycles. The van der Waals surface area contributed by atoms with Crippen molar-refractivity contribution < 1.29 is 9.59 Å². The number of aliphatic imine (C=N–C) groups is 2. The standard InChI is InChI=1S/C38H36N2O2/c1-37(2)30-24-25-38(37,3)36(40-32(27-18-10-5-11-19-27)35(42)29-22-14-7-15-23-29)33(30)39-31(26-16-8-4-9-17-26)34(41)28-20-12-6-13-21-28/h4-23,30,33,36H,24-25H2,1-3H3/t30-,33-,36-,38-/m0/s1. The van der Waals surface area contributed by atoms with Gasteiger partial charge < -0.3 is 0 Å². The molecule has 2 aliphatic carbocycles. The van der Waals surface area contributed by atoms with Gasteiger partial charge in [-0.2, -0.15) is 0 Å². The molecule has 2 bridgehead atoms. The van der Waals surface area contributed by atoms with E-state index < -0.39 is 0 Å². The summed E-state index contributed by atoms with van der Waals surface area (Å²) in [6.45, 7) is 6.92. The SMILES string of the molecule is CC1(C)[C@H]2CC[C@@]1(C)[C@@H](N=C(C(=O)c1ccccc1)c1ccccc1)[C@H]2N=C(C(=O)c1ccccc1)c1ccccc1. The maximum absolute atomic E-state index is 14.0. The van der Waals surface area contributed by atoms with Crippen LogP contribution in [0.25, 0.3) is 0 Å². The Kier molecular flexibility index (Phi) is 7.32. The van der Waals surface area contributed by atoms with Crippen LogP contribution in [0, 0.1) is 16.7 Å². The molecule has 0 amide bonds. The summed E-state index contributed by atoms with van der Waals surface area (Å²) < 4.78 is 0. The molecule has 4 aromatic rings. The molecule has 4 atom stereocenters. The van der Waals surface area contributed by atoms with Gasteiger partial charge in [0, 0.05) is 22.3 Å². The highest BCUT2D eigenvalue weighted by molar-refractivity contribution is 6.52. The second-order valence-corrected chi connectivity index (χ2v) is 12.3. The third-order valence-corrected chi connectivity index (χ3v) is 9.91. The van der Waals surface area contributed by atoms with Gasteiger partial charge in [0.25, 0.3) is 0 Å². The fourth-order valence-corrected chi connectivity index (χ4v) is 7.13. The highest BCUT2D eigenvalue weighted by Crippen LogP contribution is 2.67. The lowest BCUT2D eigenvalue weighted by molar-refractivity contribution is 0.105. The Labute approximate surface area is 248 Å². The molecule has 0 radical (unpaired) electrons. The molecule has 0 unspecified atom stereocenters. The maximum atomic E-state index is 14.0. The summed E-state index contributed by atoms with van der Waals surface area (Å²) in [4.78, 5) is 38.8. The van der Waals surface area contributed by atoms with E-state index in [-0.39, 0.29) is 40.4 Å². The van der Waals surface area contributed by atoms with Gasteiger partial charge >= 0.3 is 0 Å². The minimum atomic E-state index is -0.267. The van der Waals surface area contributed by atoms with Crippen molar-refractivity contribution in [1.29, 1.82) is 0 Å². The van der Waals surface area contributed by atoms with Gasteiger partial charge in [-0.1, -0.05) is 142 Å². The minimum Gasteiger partial charge on any atom is -0.287 e. The highest BCUT2D eigenvalue weighted by Gasteiger charge is 2.66. The van der Waals surface area contributed by atoms with Crippen LogP contribution in [0.5, 0.6) is 0 Å². The Morgan fingerprint density at radius 1 is 0.571 bits per heavy atom. The summed E-state index contributed by atoms with van der Waals surface area (Å²) in [5, 5.41) is 0. The van der Waals surface area contributed by atoms with E-state index in [0.717, 1.165) is 24.0 Å². The first-order valence-corrected chi connectivity index (χ1v) is 14.8. The fraction of sp³-hybridized carbons (Fsp3) is 0.263. The number of carbonyl (C=O) groups is 2. The summed E-state index contributed by atoms with van der Waals surface area (Å²) in [5.41, 5.74) is 3.44. The highest BCUT2D eigenvalue weighted by atomic mass is 16.1. The monoisotopic (exact) mass is 552 g/mol. The summed E-state index contributed by atoms with van der Waals surface area (Å²) in [7, 11) is 0. The van der Waals surface area contributed by atoms with Crippen molar-refractivity contribution in [2.75, 3.05) is 0 Å². The summed E-state index contributed by atoms with van der Waals surface area (Å²) in [6, 6.07) is 37.7. The normalized spacial score (nSPS) is 24.9. The third kappa shape index (κ3) is 4.75. The lowest BCUT2D eigenvalue weighted by Gasteiger charge is -2.38. The number of carbonyl (C=O) groups excluding carboxylic acids is 2. The zero-order valence-corrected chi connectivity index (χ0v) is 24.4. The third-order valence-electron chi connectivity index (χ3n) is 9.91. The summed E-state index contributed by atoms with van der Waals surface area (Å²) >= 11 is 0. The molecule has 42 heavy (non-hydrogen) atoms. The number of hydrogen-bond donors (Lipinski definition) is 0. The Morgan fingerprint density at radius 3 is 1.38 bits per heavy atom. The molecule has 0 spiro atoms. The molecule has 0 N–H and O–H groups in total. The second kappa shape index (κ2) is 11.1. The van der Waals surface area contributed by atoms with Crippen LogP contribution in [-0.4, -0.2) is 35.1 Å². The Hall–Kier alpha value is -4.44. The van der Waals surface area contributed by atoms with Crippen molar-refractivity contribution in [3.05, 3.63) is 144 Å². The van der Waals surface area contributed by atoms with Gasteiger partial charge in [0.15, 0.2) is 0 Å². The van der Waals surface area contributed by atoms with E-state index in [1.54, 1.807) is 0 Å². The summed E-state index contributed by atoms with van der Waals surface area (Å²) in [5.74, 6) is 0.0265. The van der Waals surface area contributed by atoms with E-state index >= 15 is 0 Å². The van der Waals surface area contributed by atoms with E-state index in [0.29, 0.717) is 22.6 Å². The molecular formula is C38H36N2O2. The summed E-state index contributed by atoms with van der Waals surface area (Å²) in [6.07, 6.45) is 2.01. The van der Waals surface area contributed by atoms with Crippen LogP contribution in [-0.2, 0) is 0 Å². The number of hydrogen-bond acceptors (Lipinski definition) is 4. The van der Waals surface area contributed by atoms with E-state index in [1.165, 1.54) is 0 Å². The zero-order valence-electron chi connectivity index (χ0n) is 24.4. The first-order valence-electron chi connectivity index (χ1n) is 14.8. The number of nitrogens with zero attached hydrogens (tertiary/aromatic N) is 2. The molecular weight excluding hydrogens is 516 g/mol. The first kappa shape index (κ1) is 27.7. The van der Waals surface area contributed by atoms with Crippen LogP contribution >= 0.6 is 0 Å². The molecule has 4 heteroatoms. The van der Waals surface area contributed by atoms with Crippen molar-refractivity contribution in [1.82, 2.24) is 0 Å². The van der Waals surface area contributed by atoms with Crippen molar-refractivity contribution in [3.8, 4) is 0 Å². The van der Waals surface area contributed by atoms with Crippen LogP contribution < -0.4 is 0 Å². The number of benzene rings is 4. The zero-order chi connectivity index (χ0) is 29.3. The van der Waals surface area contributed by atoms with Gasteiger partial charge in [0.05, 0.1) is 12.1 Å². The molecule has 2 saturated carbocycles.